The minimum absolute atomic E-state index is 0.178. The molecule has 8 heteroatoms. The number of ether oxygens (including phenoxy) is 1. The van der Waals surface area contributed by atoms with Crippen LogP contribution in [-0.4, -0.2) is 39.6 Å². The molecule has 1 heterocycles. The van der Waals surface area contributed by atoms with E-state index >= 15 is 0 Å². The van der Waals surface area contributed by atoms with Gasteiger partial charge in [-0.15, -0.1) is 0 Å². The van der Waals surface area contributed by atoms with E-state index in [4.69, 9.17) is 14.4 Å². The molecule has 7 nitrogen and oxygen atoms in total. The van der Waals surface area contributed by atoms with E-state index in [2.05, 4.69) is 21.1 Å². The van der Waals surface area contributed by atoms with Gasteiger partial charge < -0.3 is 19.3 Å². The van der Waals surface area contributed by atoms with Crippen LogP contribution < -0.4 is 4.74 Å². The first-order valence-electron chi connectivity index (χ1n) is 8.19. The van der Waals surface area contributed by atoms with E-state index in [1.807, 2.05) is 20.8 Å². The van der Waals surface area contributed by atoms with Gasteiger partial charge in [-0.2, -0.15) is 0 Å². The highest BCUT2D eigenvalue weighted by Gasteiger charge is 2.23. The molecule has 1 N–H and O–H groups in total. The molecule has 0 radical (unpaired) electrons. The summed E-state index contributed by atoms with van der Waals surface area (Å²) in [6.45, 7) is 5.43. The van der Waals surface area contributed by atoms with Crippen LogP contribution in [0.5, 0.6) is 5.75 Å². The molecule has 2 aromatic rings. The van der Waals surface area contributed by atoms with Crippen molar-refractivity contribution in [1.82, 2.24) is 10.1 Å². The Bertz CT molecular complexity index is 790. The largest absolute Gasteiger partial charge is 0.484 e. The monoisotopic (exact) mass is 424 g/mol. The van der Waals surface area contributed by atoms with E-state index in [0.29, 0.717) is 28.0 Å². The van der Waals surface area contributed by atoms with Crippen LogP contribution in [0.25, 0.3) is 0 Å². The number of aromatic nitrogens is 1. The molecule has 0 aliphatic heterocycles. The van der Waals surface area contributed by atoms with Crippen LogP contribution in [0.2, 0.25) is 0 Å². The molecule has 0 saturated heterocycles. The Balaban J connectivity index is 2.13. The summed E-state index contributed by atoms with van der Waals surface area (Å²) < 4.78 is 11.3. The standard InChI is InChI=1S/C18H21BrN2O5/c1-4-12(3)21(9-17(22)23)18(24)13-5-6-16(15(19)8-13)25-10-14-7-11(2)20-26-14/h5-8,12H,4,9-10H2,1-3H3,(H,22,23). The third-order valence-corrected chi connectivity index (χ3v) is 4.53. The summed E-state index contributed by atoms with van der Waals surface area (Å²) in [7, 11) is 0. The fraction of sp³-hybridized carbons (Fsp3) is 0.389. The molecule has 2 rings (SSSR count). The fourth-order valence-corrected chi connectivity index (χ4v) is 2.84. The average Bonchev–Trinajstić information content (AvgIpc) is 3.02. The summed E-state index contributed by atoms with van der Waals surface area (Å²) in [5, 5.41) is 12.9. The van der Waals surface area contributed by atoms with E-state index in [0.717, 1.165) is 5.69 Å². The summed E-state index contributed by atoms with van der Waals surface area (Å²) in [5.74, 6) is -0.234. The molecule has 0 fully saturated rings. The Morgan fingerprint density at radius 3 is 2.65 bits per heavy atom. The summed E-state index contributed by atoms with van der Waals surface area (Å²) in [4.78, 5) is 25.1. The van der Waals surface area contributed by atoms with Gasteiger partial charge in [0.2, 0.25) is 0 Å². The van der Waals surface area contributed by atoms with Crippen LogP contribution in [0.15, 0.2) is 33.3 Å². The van der Waals surface area contributed by atoms with Gasteiger partial charge in [0.25, 0.3) is 5.91 Å². The Morgan fingerprint density at radius 2 is 2.12 bits per heavy atom. The number of carbonyl (C=O) groups is 2. The molecule has 1 unspecified atom stereocenters. The third-order valence-electron chi connectivity index (χ3n) is 3.91. The van der Waals surface area contributed by atoms with Crippen molar-refractivity contribution in [2.45, 2.75) is 39.8 Å². The van der Waals surface area contributed by atoms with Crippen molar-refractivity contribution in [2.75, 3.05) is 6.54 Å². The predicted octanol–water partition coefficient (Wildman–Crippen LogP) is 3.65. The Labute approximate surface area is 160 Å². The molecule has 0 spiro atoms. The maximum atomic E-state index is 12.7. The number of nitrogens with zero attached hydrogens (tertiary/aromatic N) is 2. The van der Waals surface area contributed by atoms with Crippen molar-refractivity contribution in [1.29, 1.82) is 0 Å². The van der Waals surface area contributed by atoms with Gasteiger partial charge in [0, 0.05) is 17.7 Å². The number of amides is 1. The summed E-state index contributed by atoms with van der Waals surface area (Å²) in [6, 6.07) is 6.51. The van der Waals surface area contributed by atoms with E-state index < -0.39 is 5.97 Å². The molecule has 1 amide bonds. The molecular weight excluding hydrogens is 404 g/mol. The van der Waals surface area contributed by atoms with Gasteiger partial charge in [0.1, 0.15) is 18.9 Å². The van der Waals surface area contributed by atoms with Crippen molar-refractivity contribution in [3.8, 4) is 5.75 Å². The van der Waals surface area contributed by atoms with Gasteiger partial charge in [0.15, 0.2) is 5.76 Å². The van der Waals surface area contributed by atoms with Crippen molar-refractivity contribution in [3.63, 3.8) is 0 Å². The number of aryl methyl sites for hydroxylation is 1. The molecule has 26 heavy (non-hydrogen) atoms. The molecule has 140 valence electrons. The second kappa shape index (κ2) is 8.84. The zero-order chi connectivity index (χ0) is 19.3. The number of hydrogen-bond donors (Lipinski definition) is 1. The van der Waals surface area contributed by atoms with Crippen LogP contribution in [-0.2, 0) is 11.4 Å². The molecule has 1 aromatic heterocycles. The number of halogens is 1. The predicted molar refractivity (Wildman–Crippen MR) is 98.1 cm³/mol. The number of carboxylic acid groups (broad SMARTS) is 1. The zero-order valence-corrected chi connectivity index (χ0v) is 16.4. The minimum Gasteiger partial charge on any atom is -0.484 e. The van der Waals surface area contributed by atoms with E-state index in [9.17, 15) is 9.59 Å². The summed E-state index contributed by atoms with van der Waals surface area (Å²) >= 11 is 3.39. The quantitative estimate of drug-likeness (QED) is 0.694. The topological polar surface area (TPSA) is 92.9 Å². The second-order valence-corrected chi connectivity index (χ2v) is 6.81. The maximum Gasteiger partial charge on any atom is 0.323 e. The first-order valence-corrected chi connectivity index (χ1v) is 8.98. The first-order chi connectivity index (χ1) is 12.3. The lowest BCUT2D eigenvalue weighted by molar-refractivity contribution is -0.138. The van der Waals surface area contributed by atoms with Crippen LogP contribution >= 0.6 is 15.9 Å². The number of benzene rings is 1. The number of carbonyl (C=O) groups excluding carboxylic acids is 1. The number of rotatable bonds is 8. The number of hydrogen-bond acceptors (Lipinski definition) is 5. The van der Waals surface area contributed by atoms with Crippen molar-refractivity contribution < 1.29 is 24.0 Å². The average molecular weight is 425 g/mol. The molecule has 0 aliphatic rings. The van der Waals surface area contributed by atoms with Gasteiger partial charge in [-0.05, 0) is 54.4 Å². The lowest BCUT2D eigenvalue weighted by Crippen LogP contribution is -2.41. The van der Waals surface area contributed by atoms with Crippen LogP contribution in [0.3, 0.4) is 0 Å². The first kappa shape index (κ1) is 20.0. The third kappa shape index (κ3) is 5.08. The highest BCUT2D eigenvalue weighted by molar-refractivity contribution is 9.10. The summed E-state index contributed by atoms with van der Waals surface area (Å²) in [6.07, 6.45) is 0.665. The van der Waals surface area contributed by atoms with Gasteiger partial charge in [0.05, 0.1) is 10.2 Å². The fourth-order valence-electron chi connectivity index (χ4n) is 2.34. The molecule has 0 saturated carbocycles. The minimum atomic E-state index is -1.04. The summed E-state index contributed by atoms with van der Waals surface area (Å²) in [5.41, 5.74) is 1.16. The van der Waals surface area contributed by atoms with Gasteiger partial charge in [-0.3, -0.25) is 9.59 Å². The van der Waals surface area contributed by atoms with Gasteiger partial charge in [-0.1, -0.05) is 12.1 Å². The second-order valence-electron chi connectivity index (χ2n) is 5.95. The maximum absolute atomic E-state index is 12.7. The molecule has 0 bridgehead atoms. The highest BCUT2D eigenvalue weighted by Crippen LogP contribution is 2.28. The smallest absolute Gasteiger partial charge is 0.323 e. The highest BCUT2D eigenvalue weighted by atomic mass is 79.9. The van der Waals surface area contributed by atoms with Crippen molar-refractivity contribution >= 4 is 27.8 Å². The lowest BCUT2D eigenvalue weighted by Gasteiger charge is -2.27. The van der Waals surface area contributed by atoms with E-state index in [1.165, 1.54) is 4.90 Å². The van der Waals surface area contributed by atoms with Crippen LogP contribution in [0.1, 0.15) is 42.1 Å². The molecule has 1 atom stereocenters. The number of carboxylic acids is 1. The van der Waals surface area contributed by atoms with E-state index in [-0.39, 0.29) is 25.1 Å². The molecular formula is C18H21BrN2O5. The van der Waals surface area contributed by atoms with Gasteiger partial charge >= 0.3 is 5.97 Å². The van der Waals surface area contributed by atoms with Crippen LogP contribution in [0, 0.1) is 6.92 Å². The Morgan fingerprint density at radius 1 is 1.38 bits per heavy atom. The van der Waals surface area contributed by atoms with Crippen molar-refractivity contribution in [3.05, 3.63) is 45.8 Å². The van der Waals surface area contributed by atoms with Gasteiger partial charge in [-0.25, -0.2) is 0 Å². The Hall–Kier alpha value is -2.35. The Kier molecular flexibility index (Phi) is 6.79. The zero-order valence-electron chi connectivity index (χ0n) is 14.9. The van der Waals surface area contributed by atoms with Crippen LogP contribution in [0.4, 0.5) is 0 Å². The lowest BCUT2D eigenvalue weighted by atomic mass is 10.1. The van der Waals surface area contributed by atoms with E-state index in [1.54, 1.807) is 24.3 Å². The molecule has 0 aliphatic carbocycles. The van der Waals surface area contributed by atoms with Crippen molar-refractivity contribution in [2.24, 2.45) is 0 Å². The normalized spacial score (nSPS) is 11.8. The number of aliphatic carboxylic acids is 1. The SMILES string of the molecule is CCC(C)N(CC(=O)O)C(=O)c1ccc(OCc2cc(C)no2)c(Br)c1. The molecule has 1 aromatic carbocycles.